The molecular formula is C14H24N2O3S. The summed E-state index contributed by atoms with van der Waals surface area (Å²) in [6, 6.07) is 3.35. The van der Waals surface area contributed by atoms with Gasteiger partial charge in [-0.15, -0.1) is 6.58 Å². The summed E-state index contributed by atoms with van der Waals surface area (Å²) in [5.74, 6) is 0.611. The number of rotatable bonds is 8. The molecular weight excluding hydrogens is 276 g/mol. The van der Waals surface area contributed by atoms with E-state index in [0.29, 0.717) is 18.3 Å². The monoisotopic (exact) mass is 300 g/mol. The number of sulfonamides is 1. The molecule has 0 aliphatic rings. The van der Waals surface area contributed by atoms with E-state index in [2.05, 4.69) is 11.9 Å². The van der Waals surface area contributed by atoms with Gasteiger partial charge in [-0.25, -0.2) is 8.42 Å². The Morgan fingerprint density at radius 3 is 2.50 bits per heavy atom. The van der Waals surface area contributed by atoms with Crippen molar-refractivity contribution < 1.29 is 12.8 Å². The molecule has 0 saturated heterocycles. The molecule has 0 atom stereocenters. The van der Waals surface area contributed by atoms with Crippen molar-refractivity contribution in [2.45, 2.75) is 51.4 Å². The second-order valence-corrected chi connectivity index (χ2v) is 7.04. The van der Waals surface area contributed by atoms with Crippen LogP contribution in [0.5, 0.6) is 0 Å². The molecule has 20 heavy (non-hydrogen) atoms. The summed E-state index contributed by atoms with van der Waals surface area (Å²) in [7, 11) is -3.61. The summed E-state index contributed by atoms with van der Waals surface area (Å²) >= 11 is 0. The molecule has 0 unspecified atom stereocenters. The molecule has 6 heteroatoms. The highest BCUT2D eigenvalue weighted by Gasteiger charge is 2.28. The smallest absolute Gasteiger partial charge is 0.276 e. The lowest BCUT2D eigenvalue weighted by atomic mass is 10.3. The standard InChI is InChI=1S/C14H24N2O3S/c1-6-9-16(12(4)5)20(17,18)14-8-7-13(19-14)10-15-11(2)3/h6-8,11-12,15H,1,9-10H2,2-5H3. The minimum Gasteiger partial charge on any atom is -0.447 e. The highest BCUT2D eigenvalue weighted by molar-refractivity contribution is 7.89. The topological polar surface area (TPSA) is 62.6 Å². The number of nitrogens with one attached hydrogen (secondary N) is 1. The Kier molecular flexibility index (Phi) is 5.98. The number of nitrogens with zero attached hydrogens (tertiary/aromatic N) is 1. The lowest BCUT2D eigenvalue weighted by Crippen LogP contribution is -2.36. The molecule has 0 amide bonds. The van der Waals surface area contributed by atoms with Gasteiger partial charge in [0.15, 0.2) is 0 Å². The SMILES string of the molecule is C=CCN(C(C)C)S(=O)(=O)c1ccc(CNC(C)C)o1. The van der Waals surface area contributed by atoms with Crippen LogP contribution in [-0.2, 0) is 16.6 Å². The second-order valence-electron chi connectivity index (χ2n) is 5.21. The third-order valence-electron chi connectivity index (χ3n) is 2.77. The van der Waals surface area contributed by atoms with Gasteiger partial charge in [-0.2, -0.15) is 4.31 Å². The van der Waals surface area contributed by atoms with Crippen LogP contribution in [0.15, 0.2) is 34.3 Å². The van der Waals surface area contributed by atoms with Crippen molar-refractivity contribution >= 4 is 10.0 Å². The van der Waals surface area contributed by atoms with Crippen molar-refractivity contribution in [3.63, 3.8) is 0 Å². The maximum absolute atomic E-state index is 12.5. The fourth-order valence-corrected chi connectivity index (χ4v) is 3.27. The first kappa shape index (κ1) is 16.9. The van der Waals surface area contributed by atoms with E-state index in [4.69, 9.17) is 4.42 Å². The van der Waals surface area contributed by atoms with Crippen molar-refractivity contribution in [1.82, 2.24) is 9.62 Å². The van der Waals surface area contributed by atoms with Gasteiger partial charge >= 0.3 is 0 Å². The highest BCUT2D eigenvalue weighted by Crippen LogP contribution is 2.20. The van der Waals surface area contributed by atoms with Crippen LogP contribution in [0.3, 0.4) is 0 Å². The van der Waals surface area contributed by atoms with Crippen LogP contribution < -0.4 is 5.32 Å². The van der Waals surface area contributed by atoms with E-state index in [9.17, 15) is 8.42 Å². The second kappa shape index (κ2) is 7.06. The third kappa shape index (κ3) is 4.19. The normalized spacial score (nSPS) is 12.6. The van der Waals surface area contributed by atoms with E-state index in [-0.39, 0.29) is 17.7 Å². The molecule has 1 aromatic heterocycles. The fraction of sp³-hybridized carbons (Fsp3) is 0.571. The van der Waals surface area contributed by atoms with E-state index in [1.165, 1.54) is 10.4 Å². The molecule has 0 aromatic carbocycles. The summed E-state index contributed by atoms with van der Waals surface area (Å²) in [6.45, 7) is 12.1. The highest BCUT2D eigenvalue weighted by atomic mass is 32.2. The van der Waals surface area contributed by atoms with Crippen LogP contribution in [0, 0.1) is 0 Å². The van der Waals surface area contributed by atoms with Gasteiger partial charge in [-0.05, 0) is 26.0 Å². The van der Waals surface area contributed by atoms with Gasteiger partial charge in [0.1, 0.15) is 5.76 Å². The fourth-order valence-electron chi connectivity index (χ4n) is 1.73. The largest absolute Gasteiger partial charge is 0.447 e. The van der Waals surface area contributed by atoms with Crippen molar-refractivity contribution in [1.29, 1.82) is 0 Å². The molecule has 0 bridgehead atoms. The van der Waals surface area contributed by atoms with Crippen molar-refractivity contribution in [2.75, 3.05) is 6.54 Å². The summed E-state index contributed by atoms with van der Waals surface area (Å²) in [5, 5.41) is 3.17. The number of hydrogen-bond donors (Lipinski definition) is 1. The average Bonchev–Trinajstić information content (AvgIpc) is 2.82. The Labute approximate surface area is 121 Å². The quantitative estimate of drug-likeness (QED) is 0.749. The molecule has 0 saturated carbocycles. The zero-order valence-electron chi connectivity index (χ0n) is 12.6. The van der Waals surface area contributed by atoms with Gasteiger partial charge in [-0.3, -0.25) is 0 Å². The van der Waals surface area contributed by atoms with Crippen molar-refractivity contribution in [3.05, 3.63) is 30.5 Å². The van der Waals surface area contributed by atoms with E-state index < -0.39 is 10.0 Å². The summed E-state index contributed by atoms with van der Waals surface area (Å²) in [6.07, 6.45) is 1.57. The van der Waals surface area contributed by atoms with Crippen LogP contribution in [0.4, 0.5) is 0 Å². The Morgan fingerprint density at radius 2 is 2.00 bits per heavy atom. The first-order valence-corrected chi connectivity index (χ1v) is 8.18. The van der Waals surface area contributed by atoms with Crippen LogP contribution in [-0.4, -0.2) is 31.4 Å². The average molecular weight is 300 g/mol. The van der Waals surface area contributed by atoms with Crippen molar-refractivity contribution in [2.24, 2.45) is 0 Å². The molecule has 1 aromatic rings. The predicted molar refractivity (Wildman–Crippen MR) is 79.9 cm³/mol. The van der Waals surface area contributed by atoms with Crippen LogP contribution in [0.2, 0.25) is 0 Å². The van der Waals surface area contributed by atoms with E-state index in [1.54, 1.807) is 12.1 Å². The van der Waals surface area contributed by atoms with Gasteiger partial charge in [-0.1, -0.05) is 19.9 Å². The van der Waals surface area contributed by atoms with Gasteiger partial charge in [0.05, 0.1) is 6.54 Å². The molecule has 1 rings (SSSR count). The summed E-state index contributed by atoms with van der Waals surface area (Å²) in [5.41, 5.74) is 0. The van der Waals surface area contributed by atoms with E-state index >= 15 is 0 Å². The van der Waals surface area contributed by atoms with Gasteiger partial charge < -0.3 is 9.73 Å². The Hall–Kier alpha value is -1.11. The Bertz CT molecular complexity index is 532. The molecule has 0 aliphatic heterocycles. The van der Waals surface area contributed by atoms with Gasteiger partial charge in [0.25, 0.3) is 10.0 Å². The lowest BCUT2D eigenvalue weighted by Gasteiger charge is -2.23. The predicted octanol–water partition coefficient (Wildman–Crippen LogP) is 2.36. The van der Waals surface area contributed by atoms with Gasteiger partial charge in [0, 0.05) is 18.6 Å². The van der Waals surface area contributed by atoms with Crippen LogP contribution in [0.1, 0.15) is 33.5 Å². The molecule has 0 spiro atoms. The lowest BCUT2D eigenvalue weighted by molar-refractivity contribution is 0.346. The van der Waals surface area contributed by atoms with Crippen molar-refractivity contribution in [3.8, 4) is 0 Å². The first-order valence-electron chi connectivity index (χ1n) is 6.74. The first-order chi connectivity index (χ1) is 9.28. The molecule has 0 radical (unpaired) electrons. The van der Waals surface area contributed by atoms with E-state index in [0.717, 1.165) is 0 Å². The molecule has 0 aliphatic carbocycles. The zero-order valence-corrected chi connectivity index (χ0v) is 13.4. The Morgan fingerprint density at radius 1 is 1.35 bits per heavy atom. The molecule has 1 heterocycles. The van der Waals surface area contributed by atoms with Gasteiger partial charge in [0.2, 0.25) is 5.09 Å². The Balaban J connectivity index is 2.94. The third-order valence-corrected chi connectivity index (χ3v) is 4.69. The van der Waals surface area contributed by atoms with Crippen LogP contribution >= 0.6 is 0 Å². The van der Waals surface area contributed by atoms with Crippen LogP contribution in [0.25, 0.3) is 0 Å². The summed E-state index contributed by atoms with van der Waals surface area (Å²) in [4.78, 5) is 0. The minimum atomic E-state index is -3.61. The summed E-state index contributed by atoms with van der Waals surface area (Å²) < 4.78 is 31.8. The number of hydrogen-bond acceptors (Lipinski definition) is 4. The number of furan rings is 1. The maximum atomic E-state index is 12.5. The minimum absolute atomic E-state index is 0.0198. The molecule has 114 valence electrons. The molecule has 1 N–H and O–H groups in total. The van der Waals surface area contributed by atoms with E-state index in [1.807, 2.05) is 27.7 Å². The zero-order chi connectivity index (χ0) is 15.3. The molecule has 5 nitrogen and oxygen atoms in total. The molecule has 0 fully saturated rings. The maximum Gasteiger partial charge on any atom is 0.276 e.